The summed E-state index contributed by atoms with van der Waals surface area (Å²) >= 11 is 0. The summed E-state index contributed by atoms with van der Waals surface area (Å²) in [5, 5.41) is 0. The van der Waals surface area contributed by atoms with Gasteiger partial charge in [-0.25, -0.2) is 0 Å². The first-order valence-corrected chi connectivity index (χ1v) is 4.81. The van der Waals surface area contributed by atoms with E-state index in [1.807, 2.05) is 12.2 Å². The van der Waals surface area contributed by atoms with Gasteiger partial charge in [0.25, 0.3) is 0 Å². The van der Waals surface area contributed by atoms with Crippen molar-refractivity contribution in [1.82, 2.24) is 0 Å². The third-order valence-corrected chi connectivity index (χ3v) is 2.79. The van der Waals surface area contributed by atoms with Gasteiger partial charge in [-0.2, -0.15) is 0 Å². The Kier molecular flexibility index (Phi) is 1.95. The molecule has 2 aliphatic rings. The zero-order valence-electron chi connectivity index (χ0n) is 8.08. The van der Waals surface area contributed by atoms with Gasteiger partial charge in [-0.15, -0.1) is 0 Å². The number of rotatable bonds is 1. The van der Waals surface area contributed by atoms with E-state index in [9.17, 15) is 4.79 Å². The molecule has 0 spiro atoms. The summed E-state index contributed by atoms with van der Waals surface area (Å²) in [6.45, 7) is 4.37. The molecule has 0 amide bonds. The maximum atomic E-state index is 11.5. The van der Waals surface area contributed by atoms with E-state index in [2.05, 4.69) is 26.0 Å². The second-order valence-electron chi connectivity index (χ2n) is 3.97. The molecule has 0 saturated carbocycles. The summed E-state index contributed by atoms with van der Waals surface area (Å²) < 4.78 is 0. The van der Waals surface area contributed by atoms with E-state index in [0.29, 0.717) is 24.0 Å². The topological polar surface area (TPSA) is 17.1 Å². The number of fused-ring (bicyclic) bond motifs is 1. The number of carbonyl (C=O) groups is 1. The minimum Gasteiger partial charge on any atom is -0.294 e. The predicted molar refractivity (Wildman–Crippen MR) is 53.3 cm³/mol. The fourth-order valence-electron chi connectivity index (χ4n) is 2.08. The Bertz CT molecular complexity index is 329. The Balaban J connectivity index is 2.37. The van der Waals surface area contributed by atoms with Crippen LogP contribution in [0.4, 0.5) is 0 Å². The lowest BCUT2D eigenvalue weighted by atomic mass is 9.79. The van der Waals surface area contributed by atoms with Crippen molar-refractivity contribution in [3.8, 4) is 0 Å². The Hall–Kier alpha value is -1.11. The number of hydrogen-bond acceptors (Lipinski definition) is 1. The van der Waals surface area contributed by atoms with Gasteiger partial charge in [-0.1, -0.05) is 43.7 Å². The van der Waals surface area contributed by atoms with Crippen LogP contribution in [0.3, 0.4) is 0 Å². The van der Waals surface area contributed by atoms with Gasteiger partial charge in [-0.3, -0.25) is 4.79 Å². The van der Waals surface area contributed by atoms with E-state index in [4.69, 9.17) is 0 Å². The third kappa shape index (κ3) is 1.28. The molecule has 2 rings (SSSR count). The lowest BCUT2D eigenvalue weighted by Crippen LogP contribution is -2.19. The van der Waals surface area contributed by atoms with Gasteiger partial charge in [0.05, 0.1) is 0 Å². The molecule has 0 aliphatic heterocycles. The Morgan fingerprint density at radius 1 is 1.46 bits per heavy atom. The van der Waals surface area contributed by atoms with Gasteiger partial charge < -0.3 is 0 Å². The van der Waals surface area contributed by atoms with Crippen molar-refractivity contribution < 1.29 is 4.79 Å². The quantitative estimate of drug-likeness (QED) is 0.558. The molecule has 13 heavy (non-hydrogen) atoms. The normalized spacial score (nSPS) is 26.1. The molecule has 0 aromatic heterocycles. The number of carbonyl (C=O) groups excluding carboxylic acids is 1. The van der Waals surface area contributed by atoms with Crippen LogP contribution in [-0.4, -0.2) is 5.78 Å². The van der Waals surface area contributed by atoms with Gasteiger partial charge in [0, 0.05) is 17.9 Å². The molecule has 1 unspecified atom stereocenters. The van der Waals surface area contributed by atoms with Crippen LogP contribution in [0.2, 0.25) is 0 Å². The molecular weight excluding hydrogens is 160 g/mol. The van der Waals surface area contributed by atoms with Gasteiger partial charge in [-0.05, 0) is 5.92 Å². The first-order chi connectivity index (χ1) is 6.20. The highest BCUT2D eigenvalue weighted by Gasteiger charge is 2.28. The maximum absolute atomic E-state index is 11.5. The minimum atomic E-state index is 0.291. The van der Waals surface area contributed by atoms with Crippen molar-refractivity contribution in [3.63, 3.8) is 0 Å². The summed E-state index contributed by atoms with van der Waals surface area (Å²) in [6.07, 6.45) is 8.78. The molecule has 2 aliphatic carbocycles. The second-order valence-corrected chi connectivity index (χ2v) is 3.97. The van der Waals surface area contributed by atoms with Crippen molar-refractivity contribution in [2.45, 2.75) is 20.3 Å². The number of hydrogen-bond donors (Lipinski definition) is 0. The SMILES string of the molecule is CC(C)C1=CCC(=O)C2=CC=CC21. The van der Waals surface area contributed by atoms with E-state index in [1.54, 1.807) is 0 Å². The summed E-state index contributed by atoms with van der Waals surface area (Å²) in [6, 6.07) is 0. The van der Waals surface area contributed by atoms with E-state index in [0.717, 1.165) is 5.57 Å². The molecule has 0 aromatic carbocycles. The molecule has 0 saturated heterocycles. The van der Waals surface area contributed by atoms with Crippen LogP contribution in [0.1, 0.15) is 20.3 Å². The molecular formula is C12H14O. The van der Waals surface area contributed by atoms with E-state index in [1.165, 1.54) is 5.57 Å². The average molecular weight is 174 g/mol. The van der Waals surface area contributed by atoms with Gasteiger partial charge in [0.1, 0.15) is 0 Å². The van der Waals surface area contributed by atoms with Crippen molar-refractivity contribution in [1.29, 1.82) is 0 Å². The lowest BCUT2D eigenvalue weighted by molar-refractivity contribution is -0.115. The van der Waals surface area contributed by atoms with Crippen molar-refractivity contribution in [2.24, 2.45) is 11.8 Å². The van der Waals surface area contributed by atoms with Crippen molar-refractivity contribution >= 4 is 5.78 Å². The fraction of sp³-hybridized carbons (Fsp3) is 0.417. The molecule has 68 valence electrons. The number of ketones is 1. The molecule has 0 aromatic rings. The van der Waals surface area contributed by atoms with Crippen LogP contribution in [0.15, 0.2) is 35.5 Å². The molecule has 0 fully saturated rings. The summed E-state index contributed by atoms with van der Waals surface area (Å²) in [4.78, 5) is 11.5. The monoisotopic (exact) mass is 174 g/mol. The average Bonchev–Trinajstić information content (AvgIpc) is 2.53. The lowest BCUT2D eigenvalue weighted by Gasteiger charge is -2.24. The second kappa shape index (κ2) is 2.99. The third-order valence-electron chi connectivity index (χ3n) is 2.79. The summed E-state index contributed by atoms with van der Waals surface area (Å²) in [5.41, 5.74) is 2.39. The van der Waals surface area contributed by atoms with Crippen molar-refractivity contribution in [3.05, 3.63) is 35.5 Å². The first-order valence-electron chi connectivity index (χ1n) is 4.81. The van der Waals surface area contributed by atoms with Crippen molar-refractivity contribution in [2.75, 3.05) is 0 Å². The molecule has 0 radical (unpaired) electrons. The molecule has 0 bridgehead atoms. The van der Waals surface area contributed by atoms with Gasteiger partial charge in [0.15, 0.2) is 5.78 Å². The van der Waals surface area contributed by atoms with Gasteiger partial charge in [0.2, 0.25) is 0 Å². The van der Waals surface area contributed by atoms with Crippen LogP contribution >= 0.6 is 0 Å². The molecule has 1 nitrogen and oxygen atoms in total. The first kappa shape index (κ1) is 8.49. The van der Waals surface area contributed by atoms with Crippen LogP contribution in [0.25, 0.3) is 0 Å². The molecule has 1 atom stereocenters. The van der Waals surface area contributed by atoms with E-state index < -0.39 is 0 Å². The van der Waals surface area contributed by atoms with E-state index >= 15 is 0 Å². The number of allylic oxidation sites excluding steroid dienone is 6. The molecule has 1 heteroatoms. The largest absolute Gasteiger partial charge is 0.294 e. The minimum absolute atomic E-state index is 0.291. The maximum Gasteiger partial charge on any atom is 0.163 e. The Morgan fingerprint density at radius 3 is 2.92 bits per heavy atom. The van der Waals surface area contributed by atoms with E-state index in [-0.39, 0.29) is 0 Å². The smallest absolute Gasteiger partial charge is 0.163 e. The zero-order valence-corrected chi connectivity index (χ0v) is 8.08. The van der Waals surface area contributed by atoms with Crippen LogP contribution in [-0.2, 0) is 4.79 Å². The van der Waals surface area contributed by atoms with Gasteiger partial charge >= 0.3 is 0 Å². The fourth-order valence-corrected chi connectivity index (χ4v) is 2.08. The number of Topliss-reactive ketones (excluding diaryl/α,β-unsaturated/α-hetero) is 1. The highest BCUT2D eigenvalue weighted by atomic mass is 16.1. The Labute approximate surface area is 78.8 Å². The highest BCUT2D eigenvalue weighted by Crippen LogP contribution is 2.36. The van der Waals surface area contributed by atoms with Crippen LogP contribution in [0, 0.1) is 11.8 Å². The zero-order chi connectivity index (χ0) is 9.42. The standard InChI is InChI=1S/C12H14O/c1-8(2)9-6-7-12(13)11-5-3-4-10(9)11/h3-6,8,10H,7H2,1-2H3. The Morgan fingerprint density at radius 2 is 2.23 bits per heavy atom. The van der Waals surface area contributed by atoms with Crippen LogP contribution < -0.4 is 0 Å². The summed E-state index contributed by atoms with van der Waals surface area (Å²) in [5.74, 6) is 1.13. The van der Waals surface area contributed by atoms with Crippen LogP contribution in [0.5, 0.6) is 0 Å². The predicted octanol–water partition coefficient (Wildman–Crippen LogP) is 2.65. The molecule has 0 N–H and O–H groups in total. The summed E-state index contributed by atoms with van der Waals surface area (Å²) in [7, 11) is 0. The molecule has 0 heterocycles. The highest BCUT2D eigenvalue weighted by molar-refractivity contribution is 6.00.